The number of amides is 2. The van der Waals surface area contributed by atoms with Crippen LogP contribution in [0.3, 0.4) is 0 Å². The molecule has 6 nitrogen and oxygen atoms in total. The topological polar surface area (TPSA) is 80.3 Å². The first-order valence-electron chi connectivity index (χ1n) is 7.65. The molecule has 25 heavy (non-hydrogen) atoms. The van der Waals surface area contributed by atoms with Gasteiger partial charge in [0.25, 0.3) is 0 Å². The number of ether oxygens (including phenoxy) is 1. The molecule has 0 bridgehead atoms. The molecule has 8 heteroatoms. The minimum Gasteiger partial charge on any atom is -0.461 e. The molecule has 0 unspecified atom stereocenters. The molecule has 1 heterocycles. The van der Waals surface area contributed by atoms with Crippen LogP contribution in [0.25, 0.3) is 0 Å². The van der Waals surface area contributed by atoms with Crippen LogP contribution in [0.2, 0.25) is 5.02 Å². The Bertz CT molecular complexity index is 725. The molecule has 2 N–H and O–H groups in total. The molecular weight excluding hydrogens is 362 g/mol. The van der Waals surface area contributed by atoms with Crippen LogP contribution >= 0.6 is 23.4 Å². The Morgan fingerprint density at radius 1 is 1.28 bits per heavy atom. The third-order valence-corrected chi connectivity index (χ3v) is 4.10. The lowest BCUT2D eigenvalue weighted by Gasteiger charge is -2.07. The fourth-order valence-corrected chi connectivity index (χ4v) is 2.71. The molecule has 0 aliphatic heterocycles. The van der Waals surface area contributed by atoms with Crippen LogP contribution < -0.4 is 10.6 Å². The molecule has 0 saturated carbocycles. The molecule has 2 aromatic rings. The number of carbonyl (C=O) groups is 2. The van der Waals surface area contributed by atoms with Gasteiger partial charge in [0.2, 0.25) is 0 Å². The number of nitrogens with zero attached hydrogens (tertiary/aromatic N) is 1. The summed E-state index contributed by atoms with van der Waals surface area (Å²) in [7, 11) is 0. The van der Waals surface area contributed by atoms with E-state index < -0.39 is 5.97 Å². The van der Waals surface area contributed by atoms with E-state index in [1.165, 1.54) is 11.8 Å². The number of anilines is 1. The molecular formula is C17H18ClN3O3S. The van der Waals surface area contributed by atoms with Gasteiger partial charge in [-0.2, -0.15) is 0 Å². The number of urea groups is 1. The van der Waals surface area contributed by atoms with Crippen molar-refractivity contribution in [2.45, 2.75) is 11.9 Å². The van der Waals surface area contributed by atoms with Crippen LogP contribution in [-0.2, 0) is 4.74 Å². The Balaban J connectivity index is 1.73. The molecule has 0 spiro atoms. The van der Waals surface area contributed by atoms with Gasteiger partial charge in [-0.15, -0.1) is 11.8 Å². The number of pyridine rings is 1. The number of hydrogen-bond acceptors (Lipinski definition) is 5. The quantitative estimate of drug-likeness (QED) is 0.434. The zero-order valence-electron chi connectivity index (χ0n) is 13.6. The molecule has 0 aliphatic carbocycles. The minimum atomic E-state index is -0.405. The van der Waals surface area contributed by atoms with Crippen molar-refractivity contribution in [3.63, 3.8) is 0 Å². The summed E-state index contributed by atoms with van der Waals surface area (Å²) in [4.78, 5) is 27.5. The van der Waals surface area contributed by atoms with Crippen molar-refractivity contribution < 1.29 is 14.3 Å². The highest BCUT2D eigenvalue weighted by Gasteiger charge is 2.07. The summed E-state index contributed by atoms with van der Waals surface area (Å²) in [6.45, 7) is 2.66. The first-order valence-corrected chi connectivity index (χ1v) is 9.01. The van der Waals surface area contributed by atoms with Gasteiger partial charge in [-0.05, 0) is 37.3 Å². The summed E-state index contributed by atoms with van der Waals surface area (Å²) in [5, 5.41) is 6.58. The average Bonchev–Trinajstić information content (AvgIpc) is 2.60. The maximum atomic E-state index is 11.9. The predicted molar refractivity (Wildman–Crippen MR) is 99.4 cm³/mol. The van der Waals surface area contributed by atoms with E-state index in [2.05, 4.69) is 15.6 Å². The summed E-state index contributed by atoms with van der Waals surface area (Å²) in [6.07, 6.45) is 1.58. The fraction of sp³-hybridized carbons (Fsp3) is 0.235. The van der Waals surface area contributed by atoms with Gasteiger partial charge < -0.3 is 15.4 Å². The highest BCUT2D eigenvalue weighted by atomic mass is 35.5. The largest absolute Gasteiger partial charge is 0.461 e. The number of aromatic nitrogens is 1. The number of benzene rings is 1. The Kier molecular flexibility index (Phi) is 7.56. The second-order valence-electron chi connectivity index (χ2n) is 4.86. The average molecular weight is 380 g/mol. The molecule has 0 saturated heterocycles. The van der Waals surface area contributed by atoms with Gasteiger partial charge in [-0.25, -0.2) is 14.6 Å². The van der Waals surface area contributed by atoms with Crippen LogP contribution in [0.15, 0.2) is 47.6 Å². The lowest BCUT2D eigenvalue weighted by molar-refractivity contribution is 0.0530. The number of carbonyl (C=O) groups excluding carboxylic acids is 2. The van der Waals surface area contributed by atoms with Gasteiger partial charge in [0.15, 0.2) is 0 Å². The first-order chi connectivity index (χ1) is 12.1. The van der Waals surface area contributed by atoms with Crippen LogP contribution in [0.4, 0.5) is 10.5 Å². The smallest absolute Gasteiger partial charge is 0.338 e. The van der Waals surface area contributed by atoms with Gasteiger partial charge in [-0.1, -0.05) is 17.7 Å². The van der Waals surface area contributed by atoms with E-state index in [-0.39, 0.29) is 12.6 Å². The second-order valence-corrected chi connectivity index (χ2v) is 6.42. The Morgan fingerprint density at radius 2 is 2.12 bits per heavy atom. The molecule has 1 aromatic carbocycles. The van der Waals surface area contributed by atoms with Crippen molar-refractivity contribution in [1.29, 1.82) is 0 Å². The molecule has 2 rings (SSSR count). The van der Waals surface area contributed by atoms with E-state index in [9.17, 15) is 9.59 Å². The Morgan fingerprint density at radius 3 is 2.80 bits per heavy atom. The standard InChI is InChI=1S/C17H18ClN3O3S/c1-2-19-17(23)21-14-6-7-15(20-11-14)25-9-8-24-16(22)12-4-3-5-13(18)10-12/h3-7,10-11H,2,8-9H2,1H3,(H2,19,21,23). The van der Waals surface area contributed by atoms with Crippen molar-refractivity contribution in [3.05, 3.63) is 53.2 Å². The SMILES string of the molecule is CCNC(=O)Nc1ccc(SCCOC(=O)c2cccc(Cl)c2)nc1. The van der Waals surface area contributed by atoms with Crippen molar-refractivity contribution in [2.24, 2.45) is 0 Å². The third kappa shape index (κ3) is 6.64. The van der Waals surface area contributed by atoms with Crippen LogP contribution in [0, 0.1) is 0 Å². The van der Waals surface area contributed by atoms with Crippen molar-refractivity contribution in [3.8, 4) is 0 Å². The molecule has 0 atom stereocenters. The molecule has 0 radical (unpaired) electrons. The van der Waals surface area contributed by atoms with Crippen LogP contribution in [-0.4, -0.2) is 35.9 Å². The zero-order valence-corrected chi connectivity index (χ0v) is 15.2. The Labute approximate surface area is 155 Å². The summed E-state index contributed by atoms with van der Waals surface area (Å²) in [6, 6.07) is 9.92. The monoisotopic (exact) mass is 379 g/mol. The zero-order chi connectivity index (χ0) is 18.1. The fourth-order valence-electron chi connectivity index (χ4n) is 1.85. The minimum absolute atomic E-state index is 0.261. The number of esters is 1. The summed E-state index contributed by atoms with van der Waals surface area (Å²) >= 11 is 7.30. The van der Waals surface area contributed by atoms with Crippen molar-refractivity contribution in [1.82, 2.24) is 10.3 Å². The van der Waals surface area contributed by atoms with E-state index in [4.69, 9.17) is 16.3 Å². The lowest BCUT2D eigenvalue weighted by Crippen LogP contribution is -2.28. The van der Waals surface area contributed by atoms with E-state index in [0.717, 1.165) is 5.03 Å². The number of hydrogen-bond donors (Lipinski definition) is 2. The molecule has 2 amide bonds. The summed E-state index contributed by atoms with van der Waals surface area (Å²) in [5.74, 6) is 0.167. The van der Waals surface area contributed by atoms with Gasteiger partial charge in [0.1, 0.15) is 6.61 Å². The van der Waals surface area contributed by atoms with E-state index in [1.54, 1.807) is 42.6 Å². The van der Waals surface area contributed by atoms with Crippen LogP contribution in [0.5, 0.6) is 0 Å². The number of halogens is 1. The second kappa shape index (κ2) is 9.90. The highest BCUT2D eigenvalue weighted by Crippen LogP contribution is 2.17. The summed E-state index contributed by atoms with van der Waals surface area (Å²) in [5.41, 5.74) is 1.04. The molecule has 1 aromatic heterocycles. The van der Waals surface area contributed by atoms with E-state index in [0.29, 0.717) is 28.6 Å². The van der Waals surface area contributed by atoms with Gasteiger partial charge in [-0.3, -0.25) is 0 Å². The number of nitrogens with one attached hydrogen (secondary N) is 2. The van der Waals surface area contributed by atoms with Gasteiger partial charge >= 0.3 is 12.0 Å². The number of thioether (sulfide) groups is 1. The van der Waals surface area contributed by atoms with Crippen LogP contribution in [0.1, 0.15) is 17.3 Å². The molecule has 0 fully saturated rings. The predicted octanol–water partition coefficient (Wildman–Crippen LogP) is 3.83. The van der Waals surface area contributed by atoms with E-state index in [1.807, 2.05) is 6.92 Å². The van der Waals surface area contributed by atoms with Gasteiger partial charge in [0.05, 0.1) is 22.5 Å². The Hall–Kier alpha value is -2.25. The highest BCUT2D eigenvalue weighted by molar-refractivity contribution is 7.99. The number of rotatable bonds is 7. The normalized spacial score (nSPS) is 10.2. The maximum Gasteiger partial charge on any atom is 0.338 e. The summed E-state index contributed by atoms with van der Waals surface area (Å²) < 4.78 is 5.20. The molecule has 0 aliphatic rings. The van der Waals surface area contributed by atoms with Gasteiger partial charge in [0, 0.05) is 17.3 Å². The third-order valence-electron chi connectivity index (χ3n) is 2.96. The van der Waals surface area contributed by atoms with E-state index >= 15 is 0 Å². The maximum absolute atomic E-state index is 11.9. The lowest BCUT2D eigenvalue weighted by atomic mass is 10.2. The van der Waals surface area contributed by atoms with Crippen molar-refractivity contribution >= 4 is 41.1 Å². The molecule has 132 valence electrons. The van der Waals surface area contributed by atoms with Crippen molar-refractivity contribution in [2.75, 3.05) is 24.2 Å². The first kappa shape index (κ1) is 19.1.